The van der Waals surface area contributed by atoms with Gasteiger partial charge in [-0.2, -0.15) is 0 Å². The molecule has 0 unspecified atom stereocenters. The third kappa shape index (κ3) is 3.59. The minimum atomic E-state index is -2.65. The van der Waals surface area contributed by atoms with Gasteiger partial charge in [0.15, 0.2) is 0 Å². The maximum Gasteiger partial charge on any atom is 0.322 e. The van der Waals surface area contributed by atoms with Crippen LogP contribution in [0.1, 0.15) is 12.8 Å². The van der Waals surface area contributed by atoms with Gasteiger partial charge in [-0.1, -0.05) is 0 Å². The zero-order valence-corrected chi connectivity index (χ0v) is 9.88. The number of rotatable bonds is 4. The predicted octanol–water partition coefficient (Wildman–Crippen LogP) is 3.23. The van der Waals surface area contributed by atoms with E-state index < -0.39 is 30.6 Å². The number of alkyl halides is 2. The number of carbonyl (C=O) groups excluding carboxylic acids is 1. The lowest BCUT2D eigenvalue weighted by molar-refractivity contribution is 0.0994. The second-order valence-electron chi connectivity index (χ2n) is 4.33. The van der Waals surface area contributed by atoms with E-state index in [0.29, 0.717) is 18.9 Å². The summed E-state index contributed by atoms with van der Waals surface area (Å²) in [6.45, 7) is -0.695. The molecule has 0 radical (unpaired) electrons. The highest BCUT2D eigenvalue weighted by atomic mass is 19.3. The van der Waals surface area contributed by atoms with Crippen LogP contribution in [-0.4, -0.2) is 29.9 Å². The molecule has 1 aliphatic carbocycles. The van der Waals surface area contributed by atoms with Crippen LogP contribution in [0.4, 0.5) is 28.0 Å². The molecule has 0 saturated heterocycles. The van der Waals surface area contributed by atoms with Crippen molar-refractivity contribution in [2.24, 2.45) is 0 Å². The number of hydrogen-bond acceptors (Lipinski definition) is 1. The highest BCUT2D eigenvalue weighted by Gasteiger charge is 2.34. The number of nitrogens with zero attached hydrogens (tertiary/aromatic N) is 1. The van der Waals surface area contributed by atoms with Gasteiger partial charge in [-0.3, -0.25) is 0 Å². The van der Waals surface area contributed by atoms with Crippen LogP contribution < -0.4 is 5.32 Å². The summed E-state index contributed by atoms with van der Waals surface area (Å²) >= 11 is 0. The quantitative estimate of drug-likeness (QED) is 0.841. The Morgan fingerprint density at radius 2 is 2.05 bits per heavy atom. The molecule has 2 rings (SSSR count). The zero-order valence-electron chi connectivity index (χ0n) is 9.88. The first-order chi connectivity index (χ1) is 8.97. The lowest BCUT2D eigenvalue weighted by Crippen LogP contribution is -2.40. The summed E-state index contributed by atoms with van der Waals surface area (Å²) in [6, 6.07) is 1.62. The van der Waals surface area contributed by atoms with Crippen LogP contribution in [0.15, 0.2) is 18.2 Å². The van der Waals surface area contributed by atoms with Gasteiger partial charge in [0, 0.05) is 12.1 Å². The van der Waals surface area contributed by atoms with Crippen molar-refractivity contribution in [3.8, 4) is 0 Å². The van der Waals surface area contributed by atoms with Gasteiger partial charge in [0.2, 0.25) is 0 Å². The molecule has 0 heterocycles. The Labute approximate surface area is 107 Å². The number of amides is 2. The molecule has 1 N–H and O–H groups in total. The minimum absolute atomic E-state index is 0.225. The number of hydrogen-bond donors (Lipinski definition) is 1. The fraction of sp³-hybridized carbons (Fsp3) is 0.417. The molecule has 104 valence electrons. The molecule has 1 fully saturated rings. The second-order valence-corrected chi connectivity index (χ2v) is 4.33. The molecular weight excluding hydrogens is 264 g/mol. The molecule has 3 nitrogen and oxygen atoms in total. The van der Waals surface area contributed by atoms with Crippen molar-refractivity contribution in [2.75, 3.05) is 11.9 Å². The molecule has 1 aromatic carbocycles. The van der Waals surface area contributed by atoms with E-state index in [0.717, 1.165) is 17.0 Å². The first-order valence-electron chi connectivity index (χ1n) is 5.78. The van der Waals surface area contributed by atoms with Gasteiger partial charge in [-0.15, -0.1) is 0 Å². The minimum Gasteiger partial charge on any atom is -0.316 e. The largest absolute Gasteiger partial charge is 0.322 e. The van der Waals surface area contributed by atoms with E-state index in [9.17, 15) is 22.4 Å². The van der Waals surface area contributed by atoms with Gasteiger partial charge >= 0.3 is 6.03 Å². The number of urea groups is 1. The maximum atomic E-state index is 13.3. The van der Waals surface area contributed by atoms with Crippen LogP contribution in [0.3, 0.4) is 0 Å². The van der Waals surface area contributed by atoms with Crippen molar-refractivity contribution in [3.63, 3.8) is 0 Å². The van der Waals surface area contributed by atoms with E-state index in [1.54, 1.807) is 0 Å². The first kappa shape index (κ1) is 13.6. The van der Waals surface area contributed by atoms with Gasteiger partial charge in [0.25, 0.3) is 6.43 Å². The highest BCUT2D eigenvalue weighted by molar-refractivity contribution is 5.89. The van der Waals surface area contributed by atoms with Crippen LogP contribution in [-0.2, 0) is 0 Å². The third-order valence-electron chi connectivity index (χ3n) is 2.76. The molecule has 0 spiro atoms. The van der Waals surface area contributed by atoms with Crippen LogP contribution in [0.5, 0.6) is 0 Å². The van der Waals surface area contributed by atoms with Crippen LogP contribution in [0.25, 0.3) is 0 Å². The molecule has 0 aromatic heterocycles. The molecule has 1 aliphatic rings. The predicted molar refractivity (Wildman–Crippen MR) is 61.1 cm³/mol. The molecule has 0 atom stereocenters. The van der Waals surface area contributed by atoms with Crippen molar-refractivity contribution in [1.29, 1.82) is 0 Å². The van der Waals surface area contributed by atoms with Gasteiger partial charge in [0.1, 0.15) is 11.6 Å². The Balaban J connectivity index is 2.05. The Morgan fingerprint density at radius 1 is 1.37 bits per heavy atom. The van der Waals surface area contributed by atoms with Crippen molar-refractivity contribution < 1.29 is 22.4 Å². The molecular formula is C12H12F4N2O. The highest BCUT2D eigenvalue weighted by Crippen LogP contribution is 2.28. The Hall–Kier alpha value is -1.79. The van der Waals surface area contributed by atoms with Crippen LogP contribution in [0.2, 0.25) is 0 Å². The summed E-state index contributed by atoms with van der Waals surface area (Å²) in [5.41, 5.74) is -0.230. The van der Waals surface area contributed by atoms with E-state index in [-0.39, 0.29) is 11.7 Å². The lowest BCUT2D eigenvalue weighted by Gasteiger charge is -2.22. The van der Waals surface area contributed by atoms with Crippen molar-refractivity contribution >= 4 is 11.7 Å². The van der Waals surface area contributed by atoms with Gasteiger partial charge in [0.05, 0.1) is 12.2 Å². The maximum absolute atomic E-state index is 13.3. The average molecular weight is 276 g/mol. The Kier molecular flexibility index (Phi) is 3.92. The molecule has 0 bridgehead atoms. The Morgan fingerprint density at radius 3 is 2.58 bits per heavy atom. The second kappa shape index (κ2) is 5.46. The first-order valence-corrected chi connectivity index (χ1v) is 5.78. The SMILES string of the molecule is O=C(Nc1ccc(F)cc1F)N(CC(F)F)C1CC1. The van der Waals surface area contributed by atoms with E-state index in [1.165, 1.54) is 0 Å². The molecule has 2 amide bonds. The van der Waals surface area contributed by atoms with Crippen LogP contribution >= 0.6 is 0 Å². The standard InChI is InChI=1S/C12H12F4N2O/c13-7-1-4-10(9(14)5-7)17-12(19)18(6-11(15)16)8-2-3-8/h1,4-5,8,11H,2-3,6H2,(H,17,19). The monoisotopic (exact) mass is 276 g/mol. The number of halogens is 4. The van der Waals surface area contributed by atoms with Crippen molar-refractivity contribution in [2.45, 2.75) is 25.3 Å². The smallest absolute Gasteiger partial charge is 0.316 e. The van der Waals surface area contributed by atoms with Crippen LogP contribution in [0, 0.1) is 11.6 Å². The summed E-state index contributed by atoms with van der Waals surface area (Å²) in [7, 11) is 0. The Bertz CT molecular complexity index is 477. The fourth-order valence-corrected chi connectivity index (χ4v) is 1.71. The molecule has 0 aliphatic heterocycles. The summed E-state index contributed by atoms with van der Waals surface area (Å²) in [5, 5.41) is 2.18. The topological polar surface area (TPSA) is 32.3 Å². The number of anilines is 1. The number of nitrogens with one attached hydrogen (secondary N) is 1. The molecule has 1 aromatic rings. The van der Waals surface area contributed by atoms with Gasteiger partial charge < -0.3 is 10.2 Å². The zero-order chi connectivity index (χ0) is 14.0. The van der Waals surface area contributed by atoms with E-state index in [2.05, 4.69) is 5.32 Å². The molecule has 1 saturated carbocycles. The number of carbonyl (C=O) groups is 1. The normalized spacial score (nSPS) is 14.6. The molecule has 19 heavy (non-hydrogen) atoms. The van der Waals surface area contributed by atoms with Gasteiger partial charge in [-0.05, 0) is 25.0 Å². The summed E-state index contributed by atoms with van der Waals surface area (Å²) in [6.07, 6.45) is -1.33. The van der Waals surface area contributed by atoms with Gasteiger partial charge in [-0.25, -0.2) is 22.4 Å². The van der Waals surface area contributed by atoms with Crippen molar-refractivity contribution in [1.82, 2.24) is 4.90 Å². The van der Waals surface area contributed by atoms with E-state index in [4.69, 9.17) is 0 Å². The van der Waals surface area contributed by atoms with Crippen molar-refractivity contribution in [3.05, 3.63) is 29.8 Å². The summed E-state index contributed by atoms with van der Waals surface area (Å²) in [4.78, 5) is 12.8. The summed E-state index contributed by atoms with van der Waals surface area (Å²) in [5.74, 6) is -1.72. The lowest BCUT2D eigenvalue weighted by atomic mass is 10.3. The fourth-order valence-electron chi connectivity index (χ4n) is 1.71. The van der Waals surface area contributed by atoms with E-state index >= 15 is 0 Å². The third-order valence-corrected chi connectivity index (χ3v) is 2.76. The van der Waals surface area contributed by atoms with E-state index in [1.807, 2.05) is 0 Å². The average Bonchev–Trinajstić information content (AvgIpc) is 3.13. The summed E-state index contributed by atoms with van der Waals surface area (Å²) < 4.78 is 50.7. The number of benzene rings is 1. The molecule has 7 heteroatoms.